The first-order chi connectivity index (χ1) is 25.8. The van der Waals surface area contributed by atoms with Crippen molar-refractivity contribution in [2.24, 2.45) is 5.92 Å². The van der Waals surface area contributed by atoms with Crippen molar-refractivity contribution in [2.75, 3.05) is 51.3 Å². The monoisotopic (exact) mass is 744 g/mol. The molecule has 4 heterocycles. The van der Waals surface area contributed by atoms with Gasteiger partial charge in [-0.3, -0.25) is 18.9 Å². The number of piperidine rings is 1. The van der Waals surface area contributed by atoms with Crippen LogP contribution in [-0.2, 0) is 9.53 Å². The lowest BCUT2D eigenvalue weighted by atomic mass is 9.93. The maximum atomic E-state index is 15.1. The van der Waals surface area contributed by atoms with E-state index in [1.165, 1.54) is 29.4 Å². The lowest BCUT2D eigenvalue weighted by Crippen LogP contribution is -2.59. The molecule has 14 nitrogen and oxygen atoms in total. The van der Waals surface area contributed by atoms with Gasteiger partial charge in [-0.25, -0.2) is 19.2 Å². The number of carbonyl (C=O) groups is 3. The van der Waals surface area contributed by atoms with E-state index in [0.717, 1.165) is 0 Å². The molecule has 2 aliphatic rings. The van der Waals surface area contributed by atoms with E-state index in [2.05, 4.69) is 15.3 Å². The average molecular weight is 745 g/mol. The molecule has 2 N–H and O–H groups in total. The average Bonchev–Trinajstić information content (AvgIpc) is 3.59. The molecule has 1 atom stereocenters. The van der Waals surface area contributed by atoms with Crippen LogP contribution in [0.2, 0.25) is 0 Å². The van der Waals surface area contributed by atoms with Crippen LogP contribution >= 0.6 is 0 Å². The van der Waals surface area contributed by atoms with E-state index in [0.29, 0.717) is 60.8 Å². The number of ether oxygens (including phenoxy) is 2. The minimum atomic E-state index is -1.21. The number of aliphatic hydroxyl groups is 1. The van der Waals surface area contributed by atoms with Crippen LogP contribution in [-0.4, -0.2) is 110 Å². The molecule has 1 unspecified atom stereocenters. The Morgan fingerprint density at radius 1 is 1.04 bits per heavy atom. The molecule has 0 bridgehead atoms. The first-order valence-corrected chi connectivity index (χ1v) is 17.7. The second-order valence-corrected chi connectivity index (χ2v) is 14.3. The third-order valence-electron chi connectivity index (χ3n) is 9.53. The quantitative estimate of drug-likeness (QED) is 0.253. The van der Waals surface area contributed by atoms with Crippen molar-refractivity contribution in [3.8, 4) is 23.1 Å². The van der Waals surface area contributed by atoms with Gasteiger partial charge in [-0.15, -0.1) is 0 Å². The highest BCUT2D eigenvalue weighted by atomic mass is 19.2. The van der Waals surface area contributed by atoms with Gasteiger partial charge in [-0.05, 0) is 76.4 Å². The fraction of sp³-hybridized carbons (Fsp3) is 0.421. The number of fused-ring (bicyclic) bond motifs is 1. The molecule has 2 aromatic carbocycles. The van der Waals surface area contributed by atoms with Crippen LogP contribution in [0.4, 0.5) is 25.1 Å². The van der Waals surface area contributed by atoms with E-state index in [9.17, 15) is 23.9 Å². The first kappa shape index (κ1) is 37.9. The number of aromatic nitrogens is 3. The van der Waals surface area contributed by atoms with Crippen LogP contribution < -0.4 is 10.1 Å². The van der Waals surface area contributed by atoms with E-state index >= 15 is 4.39 Å². The summed E-state index contributed by atoms with van der Waals surface area (Å²) in [5.74, 6) is -2.83. The van der Waals surface area contributed by atoms with Gasteiger partial charge in [-0.2, -0.15) is 9.65 Å². The third-order valence-corrected chi connectivity index (χ3v) is 9.53. The number of aryl methyl sites for hydroxylation is 1. The van der Waals surface area contributed by atoms with E-state index in [1.54, 1.807) is 59.4 Å². The number of nitrogens with one attached hydrogen (secondary N) is 1. The summed E-state index contributed by atoms with van der Waals surface area (Å²) in [4.78, 5) is 53.5. The maximum absolute atomic E-state index is 15.1. The van der Waals surface area contributed by atoms with Crippen LogP contribution in [0.1, 0.15) is 49.5 Å². The minimum absolute atomic E-state index is 0.0407. The predicted octanol–water partition coefficient (Wildman–Crippen LogP) is 4.92. The molecule has 6 rings (SSSR count). The van der Waals surface area contributed by atoms with Crippen molar-refractivity contribution in [3.63, 3.8) is 0 Å². The highest BCUT2D eigenvalue weighted by Gasteiger charge is 2.38. The van der Waals surface area contributed by atoms with Gasteiger partial charge in [0.05, 0.1) is 24.5 Å². The Morgan fingerprint density at radius 2 is 1.80 bits per heavy atom. The number of nitrogens with zero attached hydrogens (tertiary/aromatic N) is 7. The number of carbonyl (C=O) groups excluding carboxylic acids is 3. The SMILES string of the molecule is Cc1cc(Nc2nccn3c(-c4ccc(OCC#N)c(F)c4F)cnc23)ccc1C(=O)N1CCC(C(=O)N2CCN(C(=O)OC(C)(C)C)C(CO)C2)CC1. The number of nitriles is 1. The summed E-state index contributed by atoms with van der Waals surface area (Å²) in [6.45, 7) is 8.08. The van der Waals surface area contributed by atoms with Gasteiger partial charge in [0, 0.05) is 67.8 Å². The van der Waals surface area contributed by atoms with Crippen LogP contribution in [0.3, 0.4) is 0 Å². The van der Waals surface area contributed by atoms with Crippen LogP contribution in [0.15, 0.2) is 48.9 Å². The molecule has 284 valence electrons. The van der Waals surface area contributed by atoms with E-state index in [4.69, 9.17) is 14.7 Å². The van der Waals surface area contributed by atoms with Crippen molar-refractivity contribution < 1.29 is 37.7 Å². The van der Waals surface area contributed by atoms with Crippen LogP contribution in [0.5, 0.6) is 5.75 Å². The predicted molar refractivity (Wildman–Crippen MR) is 193 cm³/mol. The summed E-state index contributed by atoms with van der Waals surface area (Å²) < 4.78 is 41.7. The molecule has 2 saturated heterocycles. The Bertz CT molecular complexity index is 2100. The molecule has 0 aliphatic carbocycles. The molecule has 2 fully saturated rings. The number of hydrogen-bond donors (Lipinski definition) is 2. The molecule has 16 heteroatoms. The fourth-order valence-corrected chi connectivity index (χ4v) is 6.81. The number of likely N-dealkylation sites (tertiary alicyclic amines) is 1. The number of anilines is 2. The lowest BCUT2D eigenvalue weighted by Gasteiger charge is -2.42. The van der Waals surface area contributed by atoms with Crippen molar-refractivity contribution in [2.45, 2.75) is 52.2 Å². The first-order valence-electron chi connectivity index (χ1n) is 17.7. The Morgan fingerprint density at radius 3 is 2.48 bits per heavy atom. The van der Waals surface area contributed by atoms with Crippen molar-refractivity contribution in [1.82, 2.24) is 29.1 Å². The zero-order chi connectivity index (χ0) is 38.7. The van der Waals surface area contributed by atoms with Gasteiger partial charge in [0.15, 0.2) is 29.6 Å². The number of aliphatic hydroxyl groups excluding tert-OH is 1. The van der Waals surface area contributed by atoms with E-state index in [1.807, 2.05) is 13.0 Å². The maximum Gasteiger partial charge on any atom is 0.410 e. The normalized spacial score (nSPS) is 16.6. The Labute approximate surface area is 310 Å². The van der Waals surface area contributed by atoms with Gasteiger partial charge in [0.25, 0.3) is 5.91 Å². The van der Waals surface area contributed by atoms with Crippen molar-refractivity contribution >= 4 is 35.1 Å². The number of piperazine rings is 1. The molecule has 2 aliphatic heterocycles. The van der Waals surface area contributed by atoms with Gasteiger partial charge in [0.1, 0.15) is 11.7 Å². The summed E-state index contributed by atoms with van der Waals surface area (Å²) in [6.07, 6.45) is 4.95. The van der Waals surface area contributed by atoms with Gasteiger partial charge in [-0.1, -0.05) is 0 Å². The number of halogens is 2. The highest BCUT2D eigenvalue weighted by molar-refractivity contribution is 5.96. The summed E-state index contributed by atoms with van der Waals surface area (Å²) in [5, 5.41) is 21.9. The molecule has 4 aromatic rings. The fourth-order valence-electron chi connectivity index (χ4n) is 6.81. The van der Waals surface area contributed by atoms with Gasteiger partial charge in [0.2, 0.25) is 11.7 Å². The number of benzene rings is 2. The molecule has 0 saturated carbocycles. The third kappa shape index (κ3) is 7.91. The standard InChI is InChI=1S/C38H42F2N8O6/c1-23-19-25(44-33-34-43-20-29(48(34)15-12-42-33)28-7-8-30(53-18-11-41)32(40)31(28)39)5-6-27(23)36(51)45-13-9-24(10-14-45)35(50)46-16-17-47(26(21-46)22-49)37(52)54-38(2,3)4/h5-8,12,15,19-20,24,26,49H,9-10,13-14,16-18,21-22H2,1-4H3,(H,42,44). The Kier molecular flexibility index (Phi) is 11.0. The summed E-state index contributed by atoms with van der Waals surface area (Å²) in [6, 6.07) is 9.05. The molecule has 54 heavy (non-hydrogen) atoms. The summed E-state index contributed by atoms with van der Waals surface area (Å²) in [5.41, 5.74) is 1.76. The topological polar surface area (TPSA) is 166 Å². The second-order valence-electron chi connectivity index (χ2n) is 14.3. The molecule has 0 spiro atoms. The molecule has 3 amide bonds. The van der Waals surface area contributed by atoms with Crippen LogP contribution in [0.25, 0.3) is 16.9 Å². The Hall–Kier alpha value is -5.82. The number of rotatable bonds is 8. The van der Waals surface area contributed by atoms with E-state index < -0.39 is 36.0 Å². The Balaban J connectivity index is 1.07. The van der Waals surface area contributed by atoms with Crippen LogP contribution in [0, 0.1) is 35.8 Å². The zero-order valence-electron chi connectivity index (χ0n) is 30.5. The number of hydrogen-bond acceptors (Lipinski definition) is 10. The second kappa shape index (κ2) is 15.7. The highest BCUT2D eigenvalue weighted by Crippen LogP contribution is 2.32. The van der Waals surface area contributed by atoms with Gasteiger partial charge < -0.3 is 29.7 Å². The van der Waals surface area contributed by atoms with Crippen molar-refractivity contribution in [1.29, 1.82) is 5.26 Å². The van der Waals surface area contributed by atoms with E-state index in [-0.39, 0.29) is 54.4 Å². The molecular formula is C38H42F2N8O6. The number of imidazole rings is 1. The smallest absolute Gasteiger partial charge is 0.410 e. The molecule has 0 radical (unpaired) electrons. The molecule has 2 aromatic heterocycles. The minimum Gasteiger partial charge on any atom is -0.476 e. The van der Waals surface area contributed by atoms with Crippen molar-refractivity contribution in [3.05, 3.63) is 71.7 Å². The summed E-state index contributed by atoms with van der Waals surface area (Å²) >= 11 is 0. The van der Waals surface area contributed by atoms with Gasteiger partial charge >= 0.3 is 6.09 Å². The molecular weight excluding hydrogens is 702 g/mol. The zero-order valence-corrected chi connectivity index (χ0v) is 30.5. The largest absolute Gasteiger partial charge is 0.476 e. The lowest BCUT2D eigenvalue weighted by molar-refractivity contribution is -0.140. The summed E-state index contributed by atoms with van der Waals surface area (Å²) in [7, 11) is 0. The number of amides is 3.